The quantitative estimate of drug-likeness (QED) is 0.685. The molecule has 1 saturated carbocycles. The second kappa shape index (κ2) is 9.87. The third-order valence-corrected chi connectivity index (χ3v) is 6.73. The molecule has 2 amide bonds. The summed E-state index contributed by atoms with van der Waals surface area (Å²) in [5, 5.41) is 0. The summed E-state index contributed by atoms with van der Waals surface area (Å²) in [5.74, 6) is 0.139. The number of carbonyl (C=O) groups is 2. The Labute approximate surface area is 195 Å². The second-order valence-electron chi connectivity index (χ2n) is 10.4. The molecule has 2 atom stereocenters. The van der Waals surface area contributed by atoms with Gasteiger partial charge in [0.2, 0.25) is 5.91 Å². The molecule has 1 aromatic carbocycles. The van der Waals surface area contributed by atoms with Crippen LogP contribution in [0.15, 0.2) is 24.3 Å². The van der Waals surface area contributed by atoms with Gasteiger partial charge in [-0.3, -0.25) is 14.6 Å². The number of halogens is 1. The molecule has 0 bridgehead atoms. The molecule has 3 aliphatic rings. The number of amides is 2. The summed E-state index contributed by atoms with van der Waals surface area (Å²) < 4.78 is 24.9. The minimum Gasteiger partial charge on any atom is -0.488 e. The van der Waals surface area contributed by atoms with Crippen LogP contribution in [0.4, 0.5) is 9.18 Å². The monoisotopic (exact) mass is 461 g/mol. The molecule has 1 aromatic rings. The summed E-state index contributed by atoms with van der Waals surface area (Å²) in [6.45, 7) is 8.97. The van der Waals surface area contributed by atoms with E-state index >= 15 is 0 Å². The fourth-order valence-electron chi connectivity index (χ4n) is 4.83. The number of hydrogen-bond acceptors (Lipinski definition) is 5. The fraction of sp³-hybridized carbons (Fsp3) is 0.680. The first-order chi connectivity index (χ1) is 15.7. The highest BCUT2D eigenvalue weighted by molar-refractivity contribution is 5.86. The van der Waals surface area contributed by atoms with E-state index < -0.39 is 17.7 Å². The predicted octanol–water partition coefficient (Wildman–Crippen LogP) is 3.67. The van der Waals surface area contributed by atoms with Crippen molar-refractivity contribution in [3.05, 3.63) is 30.1 Å². The zero-order valence-corrected chi connectivity index (χ0v) is 20.0. The van der Waals surface area contributed by atoms with E-state index in [0.29, 0.717) is 31.3 Å². The van der Waals surface area contributed by atoms with Crippen LogP contribution in [0.1, 0.15) is 52.9 Å². The number of ether oxygens (including phenoxy) is 2. The fourth-order valence-corrected chi connectivity index (χ4v) is 4.83. The number of hydrogen-bond donors (Lipinski definition) is 0. The lowest BCUT2D eigenvalue weighted by molar-refractivity contribution is -0.135. The maximum absolute atomic E-state index is 13.6. The second-order valence-corrected chi connectivity index (χ2v) is 10.4. The molecule has 0 radical (unpaired) electrons. The van der Waals surface area contributed by atoms with Gasteiger partial charge in [-0.15, -0.1) is 0 Å². The van der Waals surface area contributed by atoms with E-state index in [1.165, 1.54) is 36.3 Å². The number of rotatable bonds is 4. The predicted molar refractivity (Wildman–Crippen MR) is 123 cm³/mol. The van der Waals surface area contributed by atoms with Gasteiger partial charge in [0.25, 0.3) is 0 Å². The van der Waals surface area contributed by atoms with Gasteiger partial charge in [-0.05, 0) is 64.3 Å². The lowest BCUT2D eigenvalue weighted by atomic mass is 9.91. The Morgan fingerprint density at radius 2 is 1.73 bits per heavy atom. The van der Waals surface area contributed by atoms with Crippen LogP contribution >= 0.6 is 0 Å². The molecule has 0 aromatic heterocycles. The lowest BCUT2D eigenvalue weighted by Crippen LogP contribution is -2.50. The van der Waals surface area contributed by atoms with Gasteiger partial charge in [0.1, 0.15) is 29.3 Å². The Kier molecular flexibility index (Phi) is 7.12. The van der Waals surface area contributed by atoms with Crippen LogP contribution in [0.5, 0.6) is 5.75 Å². The molecule has 33 heavy (non-hydrogen) atoms. The van der Waals surface area contributed by atoms with Gasteiger partial charge >= 0.3 is 6.09 Å². The molecule has 2 saturated heterocycles. The molecular formula is C25H36FN3O4. The molecule has 4 rings (SSSR count). The summed E-state index contributed by atoms with van der Waals surface area (Å²) in [5.41, 5.74) is -0.660. The minimum absolute atomic E-state index is 0.0403. The van der Waals surface area contributed by atoms with Crippen molar-refractivity contribution in [1.82, 2.24) is 14.7 Å². The maximum Gasteiger partial charge on any atom is 0.411 e. The lowest BCUT2D eigenvalue weighted by Gasteiger charge is -2.37. The van der Waals surface area contributed by atoms with Crippen LogP contribution in [-0.2, 0) is 9.53 Å². The molecule has 0 spiro atoms. The molecular weight excluding hydrogens is 425 g/mol. The Balaban J connectivity index is 1.45. The summed E-state index contributed by atoms with van der Waals surface area (Å²) in [6.07, 6.45) is 4.27. The first kappa shape index (κ1) is 23.8. The van der Waals surface area contributed by atoms with Crippen LogP contribution in [0.3, 0.4) is 0 Å². The molecule has 0 unspecified atom stereocenters. The van der Waals surface area contributed by atoms with Crippen LogP contribution < -0.4 is 4.74 Å². The molecule has 0 N–H and O–H groups in total. The highest BCUT2D eigenvalue weighted by atomic mass is 19.1. The van der Waals surface area contributed by atoms with Gasteiger partial charge in [-0.2, -0.15) is 0 Å². The van der Waals surface area contributed by atoms with E-state index in [9.17, 15) is 14.0 Å². The number of likely N-dealkylation sites (tertiary alicyclic amines) is 1. The van der Waals surface area contributed by atoms with Crippen molar-refractivity contribution in [3.8, 4) is 5.75 Å². The number of nitrogens with zero attached hydrogens (tertiary/aromatic N) is 3. The molecule has 7 nitrogen and oxygen atoms in total. The highest BCUT2D eigenvalue weighted by Gasteiger charge is 2.44. The Hall–Kier alpha value is -2.35. The summed E-state index contributed by atoms with van der Waals surface area (Å²) in [6, 6.07) is 5.84. The van der Waals surface area contributed by atoms with E-state index in [0.717, 1.165) is 19.5 Å². The van der Waals surface area contributed by atoms with Crippen LogP contribution in [0.2, 0.25) is 0 Å². The van der Waals surface area contributed by atoms with Crippen molar-refractivity contribution < 1.29 is 23.5 Å². The van der Waals surface area contributed by atoms with Crippen molar-refractivity contribution in [3.63, 3.8) is 0 Å². The Morgan fingerprint density at radius 1 is 1.00 bits per heavy atom. The standard InChI is InChI=1S/C25H36FN3O4/c1-25(2,3)33-24(31)29-17-21(32-20-10-8-18(26)9-11-20)16-22(29)23(30)28-13-5-12-27(14-15-28)19-6-4-7-19/h8-11,19,21-22H,4-7,12-17H2,1-3H3/t21-,22-/m1/s1. The van der Waals surface area contributed by atoms with Crippen molar-refractivity contribution in [2.75, 3.05) is 32.7 Å². The average molecular weight is 462 g/mol. The van der Waals surface area contributed by atoms with Gasteiger partial charge in [0.15, 0.2) is 0 Å². The molecule has 2 heterocycles. The molecule has 1 aliphatic carbocycles. The minimum atomic E-state index is -0.660. The summed E-state index contributed by atoms with van der Waals surface area (Å²) in [7, 11) is 0. The van der Waals surface area contributed by atoms with Crippen molar-refractivity contribution in [2.24, 2.45) is 0 Å². The van der Waals surface area contributed by atoms with E-state index in [1.54, 1.807) is 12.1 Å². The summed E-state index contributed by atoms with van der Waals surface area (Å²) >= 11 is 0. The first-order valence-corrected chi connectivity index (χ1v) is 12.1. The van der Waals surface area contributed by atoms with Crippen LogP contribution in [0, 0.1) is 5.82 Å². The Bertz CT molecular complexity index is 837. The molecule has 182 valence electrons. The third-order valence-electron chi connectivity index (χ3n) is 6.73. The molecule has 2 aliphatic heterocycles. The van der Waals surface area contributed by atoms with Crippen LogP contribution in [0.25, 0.3) is 0 Å². The highest BCUT2D eigenvalue weighted by Crippen LogP contribution is 2.28. The van der Waals surface area contributed by atoms with Crippen molar-refractivity contribution in [1.29, 1.82) is 0 Å². The van der Waals surface area contributed by atoms with E-state index in [-0.39, 0.29) is 24.4 Å². The van der Waals surface area contributed by atoms with E-state index in [4.69, 9.17) is 9.47 Å². The maximum atomic E-state index is 13.6. The van der Waals surface area contributed by atoms with Gasteiger partial charge in [-0.25, -0.2) is 9.18 Å². The van der Waals surface area contributed by atoms with E-state index in [1.807, 2.05) is 25.7 Å². The topological polar surface area (TPSA) is 62.3 Å². The Morgan fingerprint density at radius 3 is 2.36 bits per heavy atom. The van der Waals surface area contributed by atoms with Gasteiger partial charge in [0.05, 0.1) is 6.54 Å². The third kappa shape index (κ3) is 5.96. The average Bonchev–Trinajstić information content (AvgIpc) is 2.98. The molecule has 3 fully saturated rings. The summed E-state index contributed by atoms with van der Waals surface area (Å²) in [4.78, 5) is 32.5. The zero-order chi connectivity index (χ0) is 23.6. The van der Waals surface area contributed by atoms with Gasteiger partial charge < -0.3 is 14.4 Å². The van der Waals surface area contributed by atoms with Gasteiger partial charge in [0, 0.05) is 38.6 Å². The number of carbonyl (C=O) groups excluding carboxylic acids is 2. The van der Waals surface area contributed by atoms with Crippen LogP contribution in [-0.4, -0.2) is 83.2 Å². The molecule has 8 heteroatoms. The largest absolute Gasteiger partial charge is 0.488 e. The van der Waals surface area contributed by atoms with Gasteiger partial charge in [-0.1, -0.05) is 6.42 Å². The zero-order valence-electron chi connectivity index (χ0n) is 20.0. The van der Waals surface area contributed by atoms with Crippen molar-refractivity contribution >= 4 is 12.0 Å². The first-order valence-electron chi connectivity index (χ1n) is 12.1. The normalized spacial score (nSPS) is 24.8. The smallest absolute Gasteiger partial charge is 0.411 e. The van der Waals surface area contributed by atoms with Crippen molar-refractivity contribution in [2.45, 2.75) is 76.7 Å². The SMILES string of the molecule is CC(C)(C)OC(=O)N1C[C@H](Oc2ccc(F)cc2)C[C@@H]1C(=O)N1CCCN(C2CCC2)CC1. The van der Waals surface area contributed by atoms with E-state index in [2.05, 4.69) is 4.90 Å². The number of benzene rings is 1.